The van der Waals surface area contributed by atoms with Crippen molar-refractivity contribution in [3.63, 3.8) is 0 Å². The van der Waals surface area contributed by atoms with Crippen LogP contribution in [0.25, 0.3) is 0 Å². The molecule has 26 heavy (non-hydrogen) atoms. The lowest BCUT2D eigenvalue weighted by Crippen LogP contribution is -2.21. The predicted octanol–water partition coefficient (Wildman–Crippen LogP) is 1.85. The minimum atomic E-state index is -3.74. The minimum Gasteiger partial charge on any atom is -0.492 e. The molecule has 1 heterocycles. The van der Waals surface area contributed by atoms with E-state index in [4.69, 9.17) is 14.9 Å². The van der Waals surface area contributed by atoms with Gasteiger partial charge in [-0.3, -0.25) is 4.79 Å². The molecule has 144 valence electrons. The smallest absolute Gasteiger partial charge is 0.275 e. The molecule has 0 saturated heterocycles. The summed E-state index contributed by atoms with van der Waals surface area (Å²) >= 11 is 0. The third-order valence-corrected chi connectivity index (χ3v) is 5.04. The molecule has 1 aromatic carbocycles. The molecule has 8 nitrogen and oxygen atoms in total. The third-order valence-electron chi connectivity index (χ3n) is 3.37. The molecule has 0 atom stereocenters. The summed E-state index contributed by atoms with van der Waals surface area (Å²) in [5, 5.41) is 2.42. The Bertz CT molecular complexity index is 847. The Morgan fingerprint density at radius 1 is 1.27 bits per heavy atom. The standard InChI is InChI=1S/C16H21N3O5S.ClH/c1-11-14(10-15(24-11)25(21,22)19(2)3)16(20)18-12-4-6-13(7-5-12)23-9-8-17;/h4-7,10H,8-9,17H2,1-3H3,(H,18,20);1H. The largest absolute Gasteiger partial charge is 0.492 e. The first-order chi connectivity index (χ1) is 11.8. The number of sulfonamides is 1. The van der Waals surface area contributed by atoms with E-state index in [-0.39, 0.29) is 28.8 Å². The van der Waals surface area contributed by atoms with Gasteiger partial charge in [0.15, 0.2) is 0 Å². The minimum absolute atomic E-state index is 0. The molecular formula is C16H22ClN3O5S. The third kappa shape index (κ3) is 4.98. The number of carbonyl (C=O) groups excluding carboxylic acids is 1. The number of nitrogens with two attached hydrogens (primary N) is 1. The zero-order valence-corrected chi connectivity index (χ0v) is 16.3. The van der Waals surface area contributed by atoms with Gasteiger partial charge >= 0.3 is 0 Å². The second-order valence-electron chi connectivity index (χ2n) is 5.44. The number of nitrogens with zero attached hydrogens (tertiary/aromatic N) is 1. The SMILES string of the molecule is Cc1oc(S(=O)(=O)N(C)C)cc1C(=O)Nc1ccc(OCCN)cc1.Cl. The van der Waals surface area contributed by atoms with Gasteiger partial charge in [-0.15, -0.1) is 12.4 Å². The number of nitrogens with one attached hydrogen (secondary N) is 1. The molecule has 0 saturated carbocycles. The van der Waals surface area contributed by atoms with Gasteiger partial charge in [-0.1, -0.05) is 0 Å². The number of aryl methyl sites for hydroxylation is 1. The van der Waals surface area contributed by atoms with Crippen LogP contribution in [-0.4, -0.2) is 45.9 Å². The van der Waals surface area contributed by atoms with Gasteiger partial charge in [-0.2, -0.15) is 0 Å². The second-order valence-corrected chi connectivity index (χ2v) is 7.52. The quantitative estimate of drug-likeness (QED) is 0.729. The summed E-state index contributed by atoms with van der Waals surface area (Å²) in [6.45, 7) is 2.35. The van der Waals surface area contributed by atoms with Crippen molar-refractivity contribution in [2.24, 2.45) is 5.73 Å². The van der Waals surface area contributed by atoms with E-state index in [1.165, 1.54) is 27.1 Å². The highest BCUT2D eigenvalue weighted by atomic mass is 35.5. The maximum Gasteiger partial charge on any atom is 0.275 e. The number of furan rings is 1. The molecule has 0 aliphatic rings. The second kappa shape index (κ2) is 9.04. The first-order valence-electron chi connectivity index (χ1n) is 7.53. The first kappa shape index (κ1) is 22.0. The Labute approximate surface area is 158 Å². The Morgan fingerprint density at radius 2 is 1.88 bits per heavy atom. The summed E-state index contributed by atoms with van der Waals surface area (Å²) in [4.78, 5) is 12.4. The molecule has 1 aromatic heterocycles. The summed E-state index contributed by atoms with van der Waals surface area (Å²) in [5.74, 6) is 0.403. The van der Waals surface area contributed by atoms with Gasteiger partial charge in [0, 0.05) is 32.4 Å². The molecular weight excluding hydrogens is 382 g/mol. The van der Waals surface area contributed by atoms with Crippen molar-refractivity contribution in [1.82, 2.24) is 4.31 Å². The summed E-state index contributed by atoms with van der Waals surface area (Å²) in [5.41, 5.74) is 6.07. The average Bonchev–Trinajstić information content (AvgIpc) is 2.96. The zero-order valence-electron chi connectivity index (χ0n) is 14.7. The lowest BCUT2D eigenvalue weighted by molar-refractivity contribution is 0.102. The lowest BCUT2D eigenvalue weighted by atomic mass is 10.2. The van der Waals surface area contributed by atoms with Crippen molar-refractivity contribution >= 4 is 34.0 Å². The van der Waals surface area contributed by atoms with E-state index in [0.29, 0.717) is 24.6 Å². The van der Waals surface area contributed by atoms with Crippen molar-refractivity contribution in [2.75, 3.05) is 32.6 Å². The Morgan fingerprint density at radius 3 is 2.42 bits per heavy atom. The van der Waals surface area contributed by atoms with Gasteiger partial charge in [-0.25, -0.2) is 12.7 Å². The number of carbonyl (C=O) groups is 1. The topological polar surface area (TPSA) is 115 Å². The molecule has 0 aliphatic carbocycles. The van der Waals surface area contributed by atoms with Crippen molar-refractivity contribution in [1.29, 1.82) is 0 Å². The molecule has 0 bridgehead atoms. The molecule has 0 unspecified atom stereocenters. The average molecular weight is 404 g/mol. The highest BCUT2D eigenvalue weighted by Gasteiger charge is 2.25. The van der Waals surface area contributed by atoms with E-state index in [1.54, 1.807) is 24.3 Å². The molecule has 2 aromatic rings. The van der Waals surface area contributed by atoms with Crippen molar-refractivity contribution in [3.05, 3.63) is 41.7 Å². The van der Waals surface area contributed by atoms with E-state index in [2.05, 4.69) is 5.32 Å². The van der Waals surface area contributed by atoms with E-state index < -0.39 is 15.9 Å². The summed E-state index contributed by atoms with van der Waals surface area (Å²) in [6.07, 6.45) is 0. The molecule has 0 spiro atoms. The van der Waals surface area contributed by atoms with Crippen molar-refractivity contribution in [2.45, 2.75) is 12.0 Å². The molecule has 0 aliphatic heterocycles. The normalized spacial score (nSPS) is 11.1. The summed E-state index contributed by atoms with van der Waals surface area (Å²) in [7, 11) is -0.959. The van der Waals surface area contributed by atoms with Crippen LogP contribution in [0.15, 0.2) is 39.8 Å². The first-order valence-corrected chi connectivity index (χ1v) is 8.97. The van der Waals surface area contributed by atoms with Gasteiger partial charge in [0.25, 0.3) is 15.9 Å². The van der Waals surface area contributed by atoms with E-state index >= 15 is 0 Å². The molecule has 0 radical (unpaired) electrons. The van der Waals surface area contributed by atoms with E-state index in [0.717, 1.165) is 4.31 Å². The molecule has 10 heteroatoms. The number of benzene rings is 1. The highest BCUT2D eigenvalue weighted by Crippen LogP contribution is 2.23. The maximum absolute atomic E-state index is 12.4. The van der Waals surface area contributed by atoms with E-state index in [1.807, 2.05) is 0 Å². The van der Waals surface area contributed by atoms with Crippen LogP contribution < -0.4 is 15.8 Å². The highest BCUT2D eigenvalue weighted by molar-refractivity contribution is 7.88. The number of rotatable bonds is 7. The fourth-order valence-corrected chi connectivity index (χ4v) is 2.85. The van der Waals surface area contributed by atoms with Crippen LogP contribution in [0.1, 0.15) is 16.1 Å². The lowest BCUT2D eigenvalue weighted by Gasteiger charge is -2.07. The van der Waals surface area contributed by atoms with Crippen LogP contribution in [0, 0.1) is 6.92 Å². The van der Waals surface area contributed by atoms with Gasteiger partial charge in [0.05, 0.1) is 5.56 Å². The van der Waals surface area contributed by atoms with Crippen LogP contribution in [0.4, 0.5) is 5.69 Å². The van der Waals surface area contributed by atoms with Crippen molar-refractivity contribution < 1.29 is 22.4 Å². The van der Waals surface area contributed by atoms with Gasteiger partial charge in [-0.05, 0) is 31.2 Å². The number of halogens is 1. The number of hydrogen-bond acceptors (Lipinski definition) is 6. The van der Waals surface area contributed by atoms with Crippen LogP contribution in [0.3, 0.4) is 0 Å². The van der Waals surface area contributed by atoms with Crippen LogP contribution in [-0.2, 0) is 10.0 Å². The summed E-state index contributed by atoms with van der Waals surface area (Å²) in [6, 6.07) is 7.98. The number of hydrogen-bond donors (Lipinski definition) is 2. The monoisotopic (exact) mass is 403 g/mol. The Hall–Kier alpha value is -2.07. The Kier molecular flexibility index (Phi) is 7.64. The number of amides is 1. The van der Waals surface area contributed by atoms with Crippen molar-refractivity contribution in [3.8, 4) is 5.75 Å². The van der Waals surface area contributed by atoms with Gasteiger partial charge in [0.1, 0.15) is 18.1 Å². The number of ether oxygens (including phenoxy) is 1. The van der Waals surface area contributed by atoms with Gasteiger partial charge in [0.2, 0.25) is 5.09 Å². The fourth-order valence-electron chi connectivity index (χ4n) is 2.00. The Balaban J connectivity index is 0.00000338. The fraction of sp³-hybridized carbons (Fsp3) is 0.312. The number of anilines is 1. The zero-order chi connectivity index (χ0) is 18.6. The van der Waals surface area contributed by atoms with Crippen LogP contribution >= 0.6 is 12.4 Å². The molecule has 0 fully saturated rings. The summed E-state index contributed by atoms with van der Waals surface area (Å²) < 4.78 is 35.8. The van der Waals surface area contributed by atoms with Crippen LogP contribution in [0.2, 0.25) is 0 Å². The molecule has 3 N–H and O–H groups in total. The maximum atomic E-state index is 12.4. The molecule has 2 rings (SSSR count). The van der Waals surface area contributed by atoms with E-state index in [9.17, 15) is 13.2 Å². The van der Waals surface area contributed by atoms with Gasteiger partial charge < -0.3 is 20.2 Å². The van der Waals surface area contributed by atoms with Crippen LogP contribution in [0.5, 0.6) is 5.75 Å². The predicted molar refractivity (Wildman–Crippen MR) is 101 cm³/mol. The molecule has 1 amide bonds.